The van der Waals surface area contributed by atoms with Gasteiger partial charge in [-0.05, 0) is 36.6 Å². The van der Waals surface area contributed by atoms with Crippen LogP contribution in [0.5, 0.6) is 0 Å². The molecule has 0 aliphatic carbocycles. The van der Waals surface area contributed by atoms with Crippen molar-refractivity contribution in [1.29, 1.82) is 0 Å². The molecule has 2 nitrogen and oxygen atoms in total. The van der Waals surface area contributed by atoms with Gasteiger partial charge < -0.3 is 9.88 Å². The number of aromatic nitrogens is 1. The van der Waals surface area contributed by atoms with Crippen LogP contribution >= 0.6 is 15.9 Å². The summed E-state index contributed by atoms with van der Waals surface area (Å²) in [6, 6.07) is 6.56. The molecule has 3 heteroatoms. The normalized spacial score (nSPS) is 20.8. The Labute approximate surface area is 104 Å². The van der Waals surface area contributed by atoms with Gasteiger partial charge in [0, 0.05) is 35.2 Å². The predicted octanol–water partition coefficient (Wildman–Crippen LogP) is 3.02. The van der Waals surface area contributed by atoms with Crippen LogP contribution in [0.25, 0.3) is 10.9 Å². The van der Waals surface area contributed by atoms with Crippen LogP contribution in [0.4, 0.5) is 0 Å². The Balaban J connectivity index is 2.18. The van der Waals surface area contributed by atoms with Crippen LogP contribution in [0.1, 0.15) is 17.9 Å². The molecule has 2 heterocycles. The lowest BCUT2D eigenvalue weighted by Crippen LogP contribution is -2.07. The molecular weight excluding hydrogens is 264 g/mol. The van der Waals surface area contributed by atoms with Crippen LogP contribution < -0.4 is 5.32 Å². The first kappa shape index (κ1) is 10.4. The molecule has 1 aliphatic rings. The molecule has 3 rings (SSSR count). The standard InChI is InChI=1S/C13H15BrN2/c1-16-8-12(9-4-5-15-7-9)11-3-2-10(14)6-13(11)16/h2-3,6,8-9,15H,4-5,7H2,1H3. The van der Waals surface area contributed by atoms with E-state index in [2.05, 4.69) is 57.3 Å². The quantitative estimate of drug-likeness (QED) is 0.849. The molecule has 0 amide bonds. The van der Waals surface area contributed by atoms with E-state index in [0.29, 0.717) is 5.92 Å². The maximum atomic E-state index is 3.53. The zero-order chi connectivity index (χ0) is 11.1. The first-order chi connectivity index (χ1) is 7.75. The topological polar surface area (TPSA) is 17.0 Å². The molecule has 0 bridgehead atoms. The molecule has 1 aromatic carbocycles. The molecule has 84 valence electrons. The Morgan fingerprint density at radius 2 is 2.31 bits per heavy atom. The highest BCUT2D eigenvalue weighted by Crippen LogP contribution is 2.32. The van der Waals surface area contributed by atoms with Crippen molar-refractivity contribution in [1.82, 2.24) is 9.88 Å². The molecule has 0 saturated carbocycles. The van der Waals surface area contributed by atoms with Crippen molar-refractivity contribution >= 4 is 26.8 Å². The number of rotatable bonds is 1. The lowest BCUT2D eigenvalue weighted by molar-refractivity contribution is 0.763. The number of nitrogens with one attached hydrogen (secondary N) is 1. The van der Waals surface area contributed by atoms with Gasteiger partial charge in [-0.3, -0.25) is 0 Å². The second-order valence-electron chi connectivity index (χ2n) is 4.55. The van der Waals surface area contributed by atoms with Crippen LogP contribution in [0.2, 0.25) is 0 Å². The predicted molar refractivity (Wildman–Crippen MR) is 70.8 cm³/mol. The molecule has 0 radical (unpaired) electrons. The second kappa shape index (κ2) is 3.90. The molecule has 1 atom stereocenters. The van der Waals surface area contributed by atoms with Gasteiger partial charge in [0.15, 0.2) is 0 Å². The third-order valence-corrected chi connectivity index (χ3v) is 3.98. The summed E-state index contributed by atoms with van der Waals surface area (Å²) in [5.41, 5.74) is 2.81. The van der Waals surface area contributed by atoms with Gasteiger partial charge in [-0.1, -0.05) is 22.0 Å². The average Bonchev–Trinajstić information content (AvgIpc) is 2.87. The molecular formula is C13H15BrN2. The molecule has 2 aromatic rings. The minimum atomic E-state index is 0.685. The minimum Gasteiger partial charge on any atom is -0.350 e. The number of aryl methyl sites for hydroxylation is 1. The van der Waals surface area contributed by atoms with Gasteiger partial charge in [0.1, 0.15) is 0 Å². The highest BCUT2D eigenvalue weighted by molar-refractivity contribution is 9.10. The summed E-state index contributed by atoms with van der Waals surface area (Å²) in [5.74, 6) is 0.685. The summed E-state index contributed by atoms with van der Waals surface area (Å²) in [6.45, 7) is 2.27. The first-order valence-electron chi connectivity index (χ1n) is 5.71. The summed E-state index contributed by atoms with van der Waals surface area (Å²) in [5, 5.41) is 4.84. The number of fused-ring (bicyclic) bond motifs is 1. The molecule has 1 fully saturated rings. The van der Waals surface area contributed by atoms with E-state index in [1.165, 1.54) is 22.9 Å². The van der Waals surface area contributed by atoms with Gasteiger partial charge in [0.2, 0.25) is 0 Å². The fraction of sp³-hybridized carbons (Fsp3) is 0.385. The van der Waals surface area contributed by atoms with Crippen LogP contribution in [0, 0.1) is 0 Å². The Bertz CT molecular complexity index is 524. The zero-order valence-electron chi connectivity index (χ0n) is 9.33. The summed E-state index contributed by atoms with van der Waals surface area (Å²) in [7, 11) is 2.13. The summed E-state index contributed by atoms with van der Waals surface area (Å²) < 4.78 is 3.38. The van der Waals surface area contributed by atoms with E-state index in [1.807, 2.05) is 0 Å². The van der Waals surface area contributed by atoms with Crippen LogP contribution in [0.15, 0.2) is 28.9 Å². The third kappa shape index (κ3) is 1.59. The van der Waals surface area contributed by atoms with Gasteiger partial charge in [-0.2, -0.15) is 0 Å². The van der Waals surface area contributed by atoms with Gasteiger partial charge >= 0.3 is 0 Å². The van der Waals surface area contributed by atoms with Gasteiger partial charge in [0.05, 0.1) is 0 Å². The van der Waals surface area contributed by atoms with E-state index in [-0.39, 0.29) is 0 Å². The number of benzene rings is 1. The lowest BCUT2D eigenvalue weighted by Gasteiger charge is -2.06. The Morgan fingerprint density at radius 3 is 3.06 bits per heavy atom. The zero-order valence-corrected chi connectivity index (χ0v) is 10.9. The van der Waals surface area contributed by atoms with Crippen molar-refractivity contribution in [3.63, 3.8) is 0 Å². The van der Waals surface area contributed by atoms with Crippen molar-refractivity contribution in [3.8, 4) is 0 Å². The van der Waals surface area contributed by atoms with E-state index in [1.54, 1.807) is 0 Å². The first-order valence-corrected chi connectivity index (χ1v) is 6.50. The molecule has 1 aromatic heterocycles. The summed E-state index contributed by atoms with van der Waals surface area (Å²) in [6.07, 6.45) is 3.55. The fourth-order valence-electron chi connectivity index (χ4n) is 2.63. The summed E-state index contributed by atoms with van der Waals surface area (Å²) >= 11 is 3.53. The Morgan fingerprint density at radius 1 is 1.44 bits per heavy atom. The minimum absolute atomic E-state index is 0.685. The smallest absolute Gasteiger partial charge is 0.0491 e. The largest absolute Gasteiger partial charge is 0.350 e. The fourth-order valence-corrected chi connectivity index (χ4v) is 2.98. The second-order valence-corrected chi connectivity index (χ2v) is 5.46. The molecule has 1 unspecified atom stereocenters. The van der Waals surface area contributed by atoms with Crippen LogP contribution in [-0.2, 0) is 7.05 Å². The molecule has 1 saturated heterocycles. The number of nitrogens with zero attached hydrogens (tertiary/aromatic N) is 1. The molecule has 1 aliphatic heterocycles. The van der Waals surface area contributed by atoms with E-state index < -0.39 is 0 Å². The van der Waals surface area contributed by atoms with Crippen LogP contribution in [0.3, 0.4) is 0 Å². The molecule has 0 spiro atoms. The monoisotopic (exact) mass is 278 g/mol. The van der Waals surface area contributed by atoms with Crippen molar-refractivity contribution in [3.05, 3.63) is 34.4 Å². The number of hydrogen-bond acceptors (Lipinski definition) is 1. The highest BCUT2D eigenvalue weighted by atomic mass is 79.9. The van der Waals surface area contributed by atoms with E-state index in [0.717, 1.165) is 17.6 Å². The summed E-state index contributed by atoms with van der Waals surface area (Å²) in [4.78, 5) is 0. The average molecular weight is 279 g/mol. The van der Waals surface area contributed by atoms with Crippen molar-refractivity contribution in [2.45, 2.75) is 12.3 Å². The third-order valence-electron chi connectivity index (χ3n) is 3.48. The van der Waals surface area contributed by atoms with Gasteiger partial charge in [0.25, 0.3) is 0 Å². The van der Waals surface area contributed by atoms with Crippen molar-refractivity contribution < 1.29 is 0 Å². The lowest BCUT2D eigenvalue weighted by atomic mass is 9.98. The maximum Gasteiger partial charge on any atom is 0.0491 e. The van der Waals surface area contributed by atoms with E-state index >= 15 is 0 Å². The van der Waals surface area contributed by atoms with E-state index in [9.17, 15) is 0 Å². The number of hydrogen-bond donors (Lipinski definition) is 1. The molecule has 16 heavy (non-hydrogen) atoms. The number of halogens is 1. The molecule has 1 N–H and O–H groups in total. The van der Waals surface area contributed by atoms with E-state index in [4.69, 9.17) is 0 Å². The Kier molecular flexibility index (Phi) is 2.52. The van der Waals surface area contributed by atoms with Crippen molar-refractivity contribution in [2.75, 3.05) is 13.1 Å². The highest BCUT2D eigenvalue weighted by Gasteiger charge is 2.20. The van der Waals surface area contributed by atoms with Crippen LogP contribution in [-0.4, -0.2) is 17.7 Å². The van der Waals surface area contributed by atoms with Gasteiger partial charge in [-0.15, -0.1) is 0 Å². The van der Waals surface area contributed by atoms with Crippen molar-refractivity contribution in [2.24, 2.45) is 7.05 Å². The van der Waals surface area contributed by atoms with Gasteiger partial charge in [-0.25, -0.2) is 0 Å². The Hall–Kier alpha value is -0.800. The maximum absolute atomic E-state index is 3.53. The SMILES string of the molecule is Cn1cc(C2CCNC2)c2ccc(Br)cc21.